The highest BCUT2D eigenvalue weighted by Gasteiger charge is 2.19. The standard InChI is InChI=1S/C23H24FN7O/c1-5-25-22(32)31-21-29-17-10-13(14-11-27-20(28-12-14)23(2,3)4)9-15(19(17)30-21)18-16(24)7-6-8-26-18/h6-12H,5H2,1-4H3,(H3,25,29,30,31,32). The summed E-state index contributed by atoms with van der Waals surface area (Å²) >= 11 is 0. The molecule has 8 nitrogen and oxygen atoms in total. The van der Waals surface area contributed by atoms with Gasteiger partial charge in [0.25, 0.3) is 0 Å². The van der Waals surface area contributed by atoms with Gasteiger partial charge < -0.3 is 10.3 Å². The van der Waals surface area contributed by atoms with Gasteiger partial charge in [-0.15, -0.1) is 0 Å². The number of hydrogen-bond acceptors (Lipinski definition) is 5. The number of H-pyrrole nitrogens is 1. The number of imidazole rings is 1. The first-order chi connectivity index (χ1) is 15.3. The highest BCUT2D eigenvalue weighted by atomic mass is 19.1. The van der Waals surface area contributed by atoms with Gasteiger partial charge in [-0.2, -0.15) is 0 Å². The van der Waals surface area contributed by atoms with E-state index in [1.54, 1.807) is 12.4 Å². The van der Waals surface area contributed by atoms with Crippen molar-refractivity contribution in [3.63, 3.8) is 0 Å². The van der Waals surface area contributed by atoms with Crippen molar-refractivity contribution in [3.05, 3.63) is 54.5 Å². The lowest BCUT2D eigenvalue weighted by atomic mass is 9.95. The van der Waals surface area contributed by atoms with Crippen LogP contribution in [0.2, 0.25) is 0 Å². The molecule has 0 atom stereocenters. The van der Waals surface area contributed by atoms with Crippen molar-refractivity contribution in [3.8, 4) is 22.4 Å². The van der Waals surface area contributed by atoms with E-state index in [9.17, 15) is 9.18 Å². The Bertz CT molecular complexity index is 1280. The number of nitrogens with zero attached hydrogens (tertiary/aromatic N) is 4. The van der Waals surface area contributed by atoms with Crippen LogP contribution in [-0.2, 0) is 5.41 Å². The predicted molar refractivity (Wildman–Crippen MR) is 122 cm³/mol. The summed E-state index contributed by atoms with van der Waals surface area (Å²) in [7, 11) is 0. The first kappa shape index (κ1) is 21.4. The molecular formula is C23H24FN7O. The Morgan fingerprint density at radius 3 is 2.53 bits per heavy atom. The van der Waals surface area contributed by atoms with Crippen LogP contribution in [-0.4, -0.2) is 37.5 Å². The van der Waals surface area contributed by atoms with Crippen molar-refractivity contribution >= 4 is 23.0 Å². The summed E-state index contributed by atoms with van der Waals surface area (Å²) in [6.07, 6.45) is 5.02. The van der Waals surface area contributed by atoms with E-state index in [0.717, 1.165) is 17.0 Å². The molecule has 0 unspecified atom stereocenters. The molecule has 0 aliphatic rings. The van der Waals surface area contributed by atoms with Crippen LogP contribution in [0.3, 0.4) is 0 Å². The number of hydrogen-bond donors (Lipinski definition) is 3. The van der Waals surface area contributed by atoms with E-state index in [4.69, 9.17) is 0 Å². The zero-order valence-electron chi connectivity index (χ0n) is 18.3. The molecule has 4 rings (SSSR count). The molecule has 2 amide bonds. The molecule has 9 heteroatoms. The van der Waals surface area contributed by atoms with Crippen LogP contribution < -0.4 is 10.6 Å². The average molecular weight is 433 g/mol. The highest BCUT2D eigenvalue weighted by Crippen LogP contribution is 2.34. The number of nitrogens with one attached hydrogen (secondary N) is 3. The second-order valence-corrected chi connectivity index (χ2v) is 8.37. The van der Waals surface area contributed by atoms with Crippen molar-refractivity contribution in [2.75, 3.05) is 11.9 Å². The normalized spacial score (nSPS) is 11.5. The van der Waals surface area contributed by atoms with Gasteiger partial charge in [0.2, 0.25) is 5.95 Å². The molecule has 3 N–H and O–H groups in total. The predicted octanol–water partition coefficient (Wildman–Crippen LogP) is 4.66. The van der Waals surface area contributed by atoms with Crippen LogP contribution in [0.5, 0.6) is 0 Å². The maximum Gasteiger partial charge on any atom is 0.321 e. The molecule has 0 aliphatic carbocycles. The van der Waals surface area contributed by atoms with Crippen molar-refractivity contribution in [2.45, 2.75) is 33.1 Å². The summed E-state index contributed by atoms with van der Waals surface area (Å²) in [6, 6.07) is 6.16. The van der Waals surface area contributed by atoms with Crippen LogP contribution in [0.4, 0.5) is 15.1 Å². The summed E-state index contributed by atoms with van der Waals surface area (Å²) in [4.78, 5) is 32.7. The van der Waals surface area contributed by atoms with Gasteiger partial charge in [0.15, 0.2) is 0 Å². The van der Waals surface area contributed by atoms with Crippen LogP contribution >= 0.6 is 0 Å². The quantitative estimate of drug-likeness (QED) is 0.434. The molecule has 164 valence electrons. The topological polar surface area (TPSA) is 108 Å². The number of pyridine rings is 1. The van der Waals surface area contributed by atoms with Crippen LogP contribution in [0.25, 0.3) is 33.4 Å². The number of amides is 2. The minimum atomic E-state index is -0.460. The molecule has 0 saturated heterocycles. The lowest BCUT2D eigenvalue weighted by Crippen LogP contribution is -2.28. The van der Waals surface area contributed by atoms with Gasteiger partial charge in [-0.1, -0.05) is 20.8 Å². The van der Waals surface area contributed by atoms with E-state index < -0.39 is 5.82 Å². The minimum absolute atomic E-state index is 0.174. The molecule has 0 radical (unpaired) electrons. The molecule has 32 heavy (non-hydrogen) atoms. The van der Waals surface area contributed by atoms with E-state index in [0.29, 0.717) is 23.1 Å². The summed E-state index contributed by atoms with van der Waals surface area (Å²) in [5.74, 6) is 0.518. The first-order valence-electron chi connectivity index (χ1n) is 10.3. The van der Waals surface area contributed by atoms with E-state index >= 15 is 0 Å². The van der Waals surface area contributed by atoms with Gasteiger partial charge >= 0.3 is 6.03 Å². The molecular weight excluding hydrogens is 409 g/mol. The Labute approximate surface area is 184 Å². The molecule has 4 aromatic rings. The van der Waals surface area contributed by atoms with Gasteiger partial charge in [-0.25, -0.2) is 24.1 Å². The van der Waals surface area contributed by atoms with Crippen LogP contribution in [0.1, 0.15) is 33.5 Å². The number of benzene rings is 1. The number of carbonyl (C=O) groups excluding carboxylic acids is 1. The molecule has 1 aromatic carbocycles. The molecule has 3 heterocycles. The third kappa shape index (κ3) is 4.27. The van der Waals surface area contributed by atoms with Gasteiger partial charge in [-0.05, 0) is 36.8 Å². The highest BCUT2D eigenvalue weighted by molar-refractivity contribution is 5.98. The fraction of sp³-hybridized carbons (Fsp3) is 0.261. The number of aromatic nitrogens is 5. The summed E-state index contributed by atoms with van der Waals surface area (Å²) in [5, 5.41) is 5.30. The molecule has 0 spiro atoms. The molecule has 0 aliphatic heterocycles. The number of anilines is 1. The number of carbonyl (C=O) groups is 1. The number of urea groups is 1. The first-order valence-corrected chi connectivity index (χ1v) is 10.3. The Morgan fingerprint density at radius 1 is 1.12 bits per heavy atom. The summed E-state index contributed by atoms with van der Waals surface area (Å²) in [5.41, 5.74) is 3.16. The number of rotatable bonds is 4. The maximum absolute atomic E-state index is 14.6. The zero-order chi connectivity index (χ0) is 22.9. The van der Waals surface area contributed by atoms with Crippen molar-refractivity contribution in [1.29, 1.82) is 0 Å². The fourth-order valence-electron chi connectivity index (χ4n) is 3.29. The number of halogens is 1. The third-order valence-electron chi connectivity index (χ3n) is 4.83. The van der Waals surface area contributed by atoms with E-state index in [2.05, 4.69) is 35.6 Å². The minimum Gasteiger partial charge on any atom is -0.338 e. The van der Waals surface area contributed by atoms with Crippen molar-refractivity contribution in [2.24, 2.45) is 0 Å². The van der Waals surface area contributed by atoms with Gasteiger partial charge in [0, 0.05) is 41.7 Å². The molecule has 0 fully saturated rings. The Kier molecular flexibility index (Phi) is 5.56. The third-order valence-corrected chi connectivity index (χ3v) is 4.83. The lowest BCUT2D eigenvalue weighted by molar-refractivity contribution is 0.252. The molecule has 0 saturated carbocycles. The van der Waals surface area contributed by atoms with Crippen molar-refractivity contribution < 1.29 is 9.18 Å². The SMILES string of the molecule is CCNC(=O)Nc1nc2cc(-c3cnc(C(C)(C)C)nc3)cc(-c3ncccc3F)c2[nH]1. The monoisotopic (exact) mass is 433 g/mol. The second kappa shape index (κ2) is 8.33. The average Bonchev–Trinajstić information content (AvgIpc) is 3.15. The molecule has 0 bridgehead atoms. The largest absolute Gasteiger partial charge is 0.338 e. The van der Waals surface area contributed by atoms with Gasteiger partial charge in [0.1, 0.15) is 17.3 Å². The smallest absolute Gasteiger partial charge is 0.321 e. The summed E-state index contributed by atoms with van der Waals surface area (Å²) < 4.78 is 14.6. The van der Waals surface area contributed by atoms with Crippen LogP contribution in [0, 0.1) is 5.82 Å². The van der Waals surface area contributed by atoms with Crippen molar-refractivity contribution in [1.82, 2.24) is 30.2 Å². The molecule has 3 aromatic heterocycles. The zero-order valence-corrected chi connectivity index (χ0v) is 18.3. The van der Waals surface area contributed by atoms with E-state index in [-0.39, 0.29) is 23.1 Å². The van der Waals surface area contributed by atoms with E-state index in [1.807, 2.05) is 39.8 Å². The Balaban J connectivity index is 1.86. The Hall–Kier alpha value is -3.88. The Morgan fingerprint density at radius 2 is 1.88 bits per heavy atom. The van der Waals surface area contributed by atoms with Gasteiger partial charge in [-0.3, -0.25) is 10.3 Å². The van der Waals surface area contributed by atoms with Crippen LogP contribution in [0.15, 0.2) is 42.9 Å². The summed E-state index contributed by atoms with van der Waals surface area (Å²) in [6.45, 7) is 8.43. The maximum atomic E-state index is 14.6. The van der Waals surface area contributed by atoms with Gasteiger partial charge in [0.05, 0.1) is 11.0 Å². The second-order valence-electron chi connectivity index (χ2n) is 8.37. The van der Waals surface area contributed by atoms with E-state index in [1.165, 1.54) is 18.3 Å². The lowest BCUT2D eigenvalue weighted by Gasteiger charge is -2.16. The number of aromatic amines is 1. The number of fused-ring (bicyclic) bond motifs is 1. The fourth-order valence-corrected chi connectivity index (χ4v) is 3.29.